The Morgan fingerprint density at radius 1 is 1.17 bits per heavy atom. The van der Waals surface area contributed by atoms with Crippen LogP contribution in [0.3, 0.4) is 0 Å². The van der Waals surface area contributed by atoms with Crippen LogP contribution in [0.1, 0.15) is 19.4 Å². The highest BCUT2D eigenvalue weighted by Gasteiger charge is 2.14. The molecule has 9 heteroatoms. The van der Waals surface area contributed by atoms with E-state index in [4.69, 9.17) is 11.6 Å². The largest absolute Gasteiger partial charge is 0.508 e. The molecule has 0 saturated carbocycles. The molecule has 3 rings (SSSR count). The van der Waals surface area contributed by atoms with E-state index in [-0.39, 0.29) is 17.4 Å². The molecule has 1 aromatic heterocycles. The zero-order chi connectivity index (χ0) is 20.8. The molecule has 2 aromatic carbocycles. The normalized spacial score (nSPS) is 11.5. The quantitative estimate of drug-likeness (QED) is 0.337. The van der Waals surface area contributed by atoms with Crippen molar-refractivity contribution in [3.05, 3.63) is 59.1 Å². The van der Waals surface area contributed by atoms with E-state index in [9.17, 15) is 9.90 Å². The van der Waals surface area contributed by atoms with E-state index in [0.717, 1.165) is 17.0 Å². The molecule has 0 aliphatic heterocycles. The van der Waals surface area contributed by atoms with Gasteiger partial charge in [0.25, 0.3) is 5.91 Å². The molecule has 1 amide bonds. The van der Waals surface area contributed by atoms with Gasteiger partial charge in [0.1, 0.15) is 5.75 Å². The minimum Gasteiger partial charge on any atom is -0.508 e. The maximum Gasteiger partial charge on any atom is 0.250 e. The highest BCUT2D eigenvalue weighted by molar-refractivity contribution is 7.99. The molecule has 7 nitrogen and oxygen atoms in total. The third kappa shape index (κ3) is 5.36. The molecular weight excluding hydrogens is 410 g/mol. The highest BCUT2D eigenvalue weighted by Crippen LogP contribution is 2.25. The van der Waals surface area contributed by atoms with Crippen LogP contribution in [0, 0.1) is 0 Å². The predicted octanol–water partition coefficient (Wildman–Crippen LogP) is 3.96. The van der Waals surface area contributed by atoms with Gasteiger partial charge in [-0.3, -0.25) is 4.79 Å². The van der Waals surface area contributed by atoms with Gasteiger partial charge in [0.15, 0.2) is 11.0 Å². The summed E-state index contributed by atoms with van der Waals surface area (Å²) in [7, 11) is 0. The van der Waals surface area contributed by atoms with Crippen LogP contribution >= 0.6 is 23.4 Å². The Morgan fingerprint density at radius 2 is 1.86 bits per heavy atom. The number of hydrazone groups is 1. The number of aromatic hydroxyl groups is 1. The number of hydrogen-bond donors (Lipinski definition) is 2. The van der Waals surface area contributed by atoms with E-state index >= 15 is 0 Å². The number of carbonyl (C=O) groups excluding carboxylic acids is 1. The predicted molar refractivity (Wildman–Crippen MR) is 115 cm³/mol. The average Bonchev–Trinajstić information content (AvgIpc) is 3.14. The van der Waals surface area contributed by atoms with Gasteiger partial charge in [-0.25, -0.2) is 5.43 Å². The minimum absolute atomic E-state index is 0.158. The maximum absolute atomic E-state index is 12.2. The summed E-state index contributed by atoms with van der Waals surface area (Å²) < 4.78 is 1.95. The summed E-state index contributed by atoms with van der Waals surface area (Å²) in [6, 6.07) is 14.0. The number of rotatable bonds is 7. The van der Waals surface area contributed by atoms with Crippen molar-refractivity contribution in [3.8, 4) is 17.1 Å². The van der Waals surface area contributed by atoms with Crippen molar-refractivity contribution in [2.24, 2.45) is 5.10 Å². The van der Waals surface area contributed by atoms with E-state index < -0.39 is 0 Å². The average molecular weight is 430 g/mol. The van der Waals surface area contributed by atoms with E-state index in [1.807, 2.05) is 23.6 Å². The van der Waals surface area contributed by atoms with Crippen LogP contribution in [-0.2, 0) is 11.3 Å². The van der Waals surface area contributed by atoms with E-state index in [1.54, 1.807) is 43.3 Å². The molecule has 0 radical (unpaired) electrons. The first-order valence-electron chi connectivity index (χ1n) is 8.92. The first-order chi connectivity index (χ1) is 14.0. The van der Waals surface area contributed by atoms with Gasteiger partial charge in [-0.15, -0.1) is 10.2 Å². The third-order valence-corrected chi connectivity index (χ3v) is 5.32. The van der Waals surface area contributed by atoms with Crippen LogP contribution in [0.25, 0.3) is 11.4 Å². The lowest BCUT2D eigenvalue weighted by atomic mass is 10.1. The van der Waals surface area contributed by atoms with Crippen LogP contribution in [0.4, 0.5) is 0 Å². The summed E-state index contributed by atoms with van der Waals surface area (Å²) in [5.41, 5.74) is 4.91. The van der Waals surface area contributed by atoms with E-state index in [1.165, 1.54) is 11.8 Å². The molecule has 29 heavy (non-hydrogen) atoms. The Hall–Kier alpha value is -2.84. The number of amides is 1. The molecule has 2 N–H and O–H groups in total. The van der Waals surface area contributed by atoms with Gasteiger partial charge in [-0.05, 0) is 67.9 Å². The number of benzene rings is 2. The number of hydrogen-bond acceptors (Lipinski definition) is 6. The lowest BCUT2D eigenvalue weighted by Crippen LogP contribution is -2.21. The number of aromatic nitrogens is 3. The van der Waals surface area contributed by atoms with Crippen molar-refractivity contribution in [1.82, 2.24) is 20.2 Å². The summed E-state index contributed by atoms with van der Waals surface area (Å²) in [6.45, 7) is 4.46. The molecule has 0 unspecified atom stereocenters. The molecule has 0 atom stereocenters. The third-order valence-electron chi connectivity index (χ3n) is 4.10. The van der Waals surface area contributed by atoms with Gasteiger partial charge < -0.3 is 9.67 Å². The lowest BCUT2D eigenvalue weighted by Gasteiger charge is -2.07. The molecule has 1 heterocycles. The van der Waals surface area contributed by atoms with Crippen LogP contribution < -0.4 is 5.43 Å². The second-order valence-electron chi connectivity index (χ2n) is 6.13. The molecule has 0 spiro atoms. The summed E-state index contributed by atoms with van der Waals surface area (Å²) in [5.74, 6) is 0.825. The summed E-state index contributed by atoms with van der Waals surface area (Å²) >= 11 is 7.24. The topological polar surface area (TPSA) is 92.4 Å². The SMILES string of the molecule is CCn1c(SCC(=O)N/N=C(/C)c2ccc(O)cc2)nnc1-c1ccc(Cl)cc1. The van der Waals surface area contributed by atoms with Gasteiger partial charge in [-0.1, -0.05) is 23.4 Å². The van der Waals surface area contributed by atoms with Crippen molar-refractivity contribution in [2.45, 2.75) is 25.5 Å². The van der Waals surface area contributed by atoms with Crippen molar-refractivity contribution in [2.75, 3.05) is 5.75 Å². The van der Waals surface area contributed by atoms with Crippen molar-refractivity contribution in [3.63, 3.8) is 0 Å². The number of carbonyl (C=O) groups is 1. The Kier molecular flexibility index (Phi) is 6.90. The molecular formula is C20H20ClN5O2S. The monoisotopic (exact) mass is 429 g/mol. The summed E-state index contributed by atoms with van der Waals surface area (Å²) in [4.78, 5) is 12.2. The van der Waals surface area contributed by atoms with Gasteiger partial charge in [0.2, 0.25) is 0 Å². The minimum atomic E-state index is -0.244. The van der Waals surface area contributed by atoms with Gasteiger partial charge in [0, 0.05) is 17.1 Å². The second-order valence-corrected chi connectivity index (χ2v) is 7.50. The van der Waals surface area contributed by atoms with Gasteiger partial charge in [-0.2, -0.15) is 5.10 Å². The van der Waals surface area contributed by atoms with Crippen LogP contribution in [-0.4, -0.2) is 37.2 Å². The van der Waals surface area contributed by atoms with E-state index in [0.29, 0.717) is 22.4 Å². The number of nitrogens with one attached hydrogen (secondary N) is 1. The fourth-order valence-corrected chi connectivity index (χ4v) is 3.49. The fraction of sp³-hybridized carbons (Fsp3) is 0.200. The van der Waals surface area contributed by atoms with Crippen LogP contribution in [0.15, 0.2) is 58.8 Å². The number of phenols is 1. The summed E-state index contributed by atoms with van der Waals surface area (Å²) in [5, 5.41) is 23.2. The molecule has 3 aromatic rings. The van der Waals surface area contributed by atoms with Crippen LogP contribution in [0.2, 0.25) is 5.02 Å². The first-order valence-corrected chi connectivity index (χ1v) is 10.3. The number of phenolic OH excluding ortho intramolecular Hbond substituents is 1. The smallest absolute Gasteiger partial charge is 0.250 e. The van der Waals surface area contributed by atoms with Crippen LogP contribution in [0.5, 0.6) is 5.75 Å². The zero-order valence-corrected chi connectivity index (χ0v) is 17.5. The van der Waals surface area contributed by atoms with Gasteiger partial charge in [0.05, 0.1) is 11.5 Å². The molecule has 0 aliphatic rings. The van der Waals surface area contributed by atoms with Crippen molar-refractivity contribution >= 4 is 35.0 Å². The highest BCUT2D eigenvalue weighted by atomic mass is 35.5. The Labute approximate surface area is 177 Å². The summed E-state index contributed by atoms with van der Waals surface area (Å²) in [6.07, 6.45) is 0. The van der Waals surface area contributed by atoms with Gasteiger partial charge >= 0.3 is 0 Å². The number of thioether (sulfide) groups is 1. The zero-order valence-electron chi connectivity index (χ0n) is 16.0. The standard InChI is InChI=1S/C20H20ClN5O2S/c1-3-26-19(15-4-8-16(21)9-5-15)24-25-20(26)29-12-18(28)23-22-13(2)14-6-10-17(27)11-7-14/h4-11,27H,3,12H2,1-2H3,(H,23,28)/b22-13-. The molecule has 0 aliphatic carbocycles. The lowest BCUT2D eigenvalue weighted by molar-refractivity contribution is -0.118. The molecule has 150 valence electrons. The maximum atomic E-state index is 12.2. The first kappa shape index (κ1) is 20.9. The fourth-order valence-electron chi connectivity index (χ4n) is 2.57. The van der Waals surface area contributed by atoms with Crippen molar-refractivity contribution < 1.29 is 9.90 Å². The molecule has 0 bridgehead atoms. The van der Waals surface area contributed by atoms with Crippen molar-refractivity contribution in [1.29, 1.82) is 0 Å². The Morgan fingerprint density at radius 3 is 2.52 bits per heavy atom. The number of nitrogens with zero attached hydrogens (tertiary/aromatic N) is 4. The Bertz CT molecular complexity index is 1020. The Balaban J connectivity index is 1.62. The molecule has 0 fully saturated rings. The van der Waals surface area contributed by atoms with E-state index in [2.05, 4.69) is 20.7 Å². The molecule has 0 saturated heterocycles. The number of halogens is 1. The second kappa shape index (κ2) is 9.58.